The first-order valence-corrected chi connectivity index (χ1v) is 12.3. The van der Waals surface area contributed by atoms with Crippen molar-refractivity contribution < 1.29 is 19.1 Å². The maximum absolute atomic E-state index is 13.7. The molecule has 5 heteroatoms. The number of ether oxygens (including phenoxy) is 1. The Balaban J connectivity index is 1.39. The second-order valence-electron chi connectivity index (χ2n) is 9.33. The average Bonchev–Trinajstić information content (AvgIpc) is 3.55. The molecule has 0 spiro atoms. The summed E-state index contributed by atoms with van der Waals surface area (Å²) >= 11 is 0. The summed E-state index contributed by atoms with van der Waals surface area (Å²) in [6.07, 6.45) is 4.21. The first-order chi connectivity index (χ1) is 17.6. The van der Waals surface area contributed by atoms with Crippen LogP contribution in [0.3, 0.4) is 0 Å². The molecule has 3 aromatic carbocycles. The van der Waals surface area contributed by atoms with Gasteiger partial charge in [-0.3, -0.25) is 9.59 Å². The van der Waals surface area contributed by atoms with Crippen molar-refractivity contribution in [2.75, 3.05) is 11.5 Å². The zero-order valence-corrected chi connectivity index (χ0v) is 19.8. The molecule has 1 heterocycles. The van der Waals surface area contributed by atoms with Gasteiger partial charge in [0.05, 0.1) is 29.7 Å². The molecular formula is C31H25NO4. The fourth-order valence-electron chi connectivity index (χ4n) is 6.02. The van der Waals surface area contributed by atoms with Gasteiger partial charge < -0.3 is 4.74 Å². The average molecular weight is 476 g/mol. The van der Waals surface area contributed by atoms with Crippen LogP contribution in [0.15, 0.2) is 103 Å². The van der Waals surface area contributed by atoms with E-state index in [-0.39, 0.29) is 30.3 Å². The van der Waals surface area contributed by atoms with E-state index < -0.39 is 17.8 Å². The maximum atomic E-state index is 13.7. The van der Waals surface area contributed by atoms with E-state index in [0.717, 1.165) is 22.3 Å². The Morgan fingerprint density at radius 3 is 1.69 bits per heavy atom. The standard InChI is InChI=1S/C31H25NO4/c1-2-36-31(35)21-13-15-22(16-14-21)32-29(33)27-23-17-18-24(28(27)30(32)34)26(23)25(19-9-5-3-6-10-19)20-11-7-4-8-12-20/h3-18,23-24,27-28H,2H2,1H3/t23-,24+,27-,28+. The Bertz CT molecular complexity index is 1330. The van der Waals surface area contributed by atoms with Crippen molar-refractivity contribution in [1.82, 2.24) is 0 Å². The van der Waals surface area contributed by atoms with Gasteiger partial charge in [0.15, 0.2) is 0 Å². The van der Waals surface area contributed by atoms with Gasteiger partial charge in [0.25, 0.3) is 0 Å². The number of rotatable bonds is 5. The molecule has 3 aliphatic rings. The van der Waals surface area contributed by atoms with E-state index in [1.165, 1.54) is 4.90 Å². The van der Waals surface area contributed by atoms with Gasteiger partial charge in [-0.05, 0) is 53.5 Å². The number of imide groups is 1. The maximum Gasteiger partial charge on any atom is 0.338 e. The monoisotopic (exact) mass is 475 g/mol. The lowest BCUT2D eigenvalue weighted by Gasteiger charge is -2.21. The number of carbonyl (C=O) groups excluding carboxylic acids is 3. The summed E-state index contributed by atoms with van der Waals surface area (Å²) in [5, 5.41) is 0. The van der Waals surface area contributed by atoms with Crippen LogP contribution in [0.1, 0.15) is 28.4 Å². The number of fused-ring (bicyclic) bond motifs is 5. The highest BCUT2D eigenvalue weighted by molar-refractivity contribution is 6.23. The highest BCUT2D eigenvalue weighted by Crippen LogP contribution is 2.58. The van der Waals surface area contributed by atoms with Gasteiger partial charge in [-0.1, -0.05) is 72.8 Å². The molecule has 2 amide bonds. The summed E-state index contributed by atoms with van der Waals surface area (Å²) in [6.45, 7) is 2.03. The van der Waals surface area contributed by atoms with Crippen molar-refractivity contribution in [2.24, 2.45) is 23.7 Å². The molecule has 1 aliphatic heterocycles. The molecule has 2 fully saturated rings. The fraction of sp³-hybridized carbons (Fsp3) is 0.194. The van der Waals surface area contributed by atoms with Gasteiger partial charge >= 0.3 is 5.97 Å². The van der Waals surface area contributed by atoms with Crippen molar-refractivity contribution >= 4 is 29.0 Å². The SMILES string of the molecule is CCOC(=O)c1ccc(N2C(=O)[C@@H]3[C@H](C2=O)[C@@H]2C=C[C@H]3C2=C(c2ccccc2)c2ccccc2)cc1. The van der Waals surface area contributed by atoms with Crippen LogP contribution in [0.25, 0.3) is 5.57 Å². The van der Waals surface area contributed by atoms with Crippen LogP contribution >= 0.6 is 0 Å². The molecule has 1 saturated heterocycles. The van der Waals surface area contributed by atoms with E-state index in [2.05, 4.69) is 36.4 Å². The van der Waals surface area contributed by atoms with Crippen LogP contribution in [0.2, 0.25) is 0 Å². The Morgan fingerprint density at radius 2 is 1.22 bits per heavy atom. The third-order valence-electron chi connectivity index (χ3n) is 7.47. The first kappa shape index (κ1) is 22.2. The molecular weight excluding hydrogens is 450 g/mol. The molecule has 1 saturated carbocycles. The minimum atomic E-state index is -0.425. The highest BCUT2D eigenvalue weighted by atomic mass is 16.5. The molecule has 2 aliphatic carbocycles. The number of nitrogens with zero attached hydrogens (tertiary/aromatic N) is 1. The van der Waals surface area contributed by atoms with Gasteiger partial charge in [-0.2, -0.15) is 0 Å². The molecule has 2 bridgehead atoms. The quantitative estimate of drug-likeness (QED) is 0.286. The van der Waals surface area contributed by atoms with Gasteiger partial charge in [-0.15, -0.1) is 0 Å². The van der Waals surface area contributed by atoms with Gasteiger partial charge in [0, 0.05) is 11.8 Å². The number of benzene rings is 3. The van der Waals surface area contributed by atoms with E-state index in [1.807, 2.05) is 36.4 Å². The minimum Gasteiger partial charge on any atom is -0.462 e. The molecule has 0 aromatic heterocycles. The molecule has 5 nitrogen and oxygen atoms in total. The molecule has 3 aromatic rings. The van der Waals surface area contributed by atoms with Crippen molar-refractivity contribution in [1.29, 1.82) is 0 Å². The fourth-order valence-corrected chi connectivity index (χ4v) is 6.02. The molecule has 36 heavy (non-hydrogen) atoms. The summed E-state index contributed by atoms with van der Waals surface area (Å²) < 4.78 is 5.04. The number of allylic oxidation sites excluding steroid dienone is 3. The number of hydrogen-bond acceptors (Lipinski definition) is 4. The minimum absolute atomic E-state index is 0.129. The Hall–Kier alpha value is -4.25. The largest absolute Gasteiger partial charge is 0.462 e. The predicted octanol–water partition coefficient (Wildman–Crippen LogP) is 5.29. The van der Waals surface area contributed by atoms with E-state index in [9.17, 15) is 14.4 Å². The summed E-state index contributed by atoms with van der Waals surface area (Å²) in [5.74, 6) is -1.88. The van der Waals surface area contributed by atoms with Crippen LogP contribution in [0.5, 0.6) is 0 Å². The number of carbonyl (C=O) groups is 3. The molecule has 6 rings (SSSR count). The Labute approximate surface area is 209 Å². The van der Waals surface area contributed by atoms with Crippen molar-refractivity contribution in [2.45, 2.75) is 6.92 Å². The molecule has 178 valence electrons. The van der Waals surface area contributed by atoms with E-state index in [1.54, 1.807) is 31.2 Å². The third kappa shape index (κ3) is 3.34. The smallest absolute Gasteiger partial charge is 0.338 e. The van der Waals surface area contributed by atoms with Gasteiger partial charge in [-0.25, -0.2) is 9.69 Å². The normalized spacial score (nSPS) is 23.8. The summed E-state index contributed by atoms with van der Waals surface area (Å²) in [7, 11) is 0. The number of anilines is 1. The first-order valence-electron chi connectivity index (χ1n) is 12.3. The lowest BCUT2D eigenvalue weighted by atomic mass is 9.85. The summed E-state index contributed by atoms with van der Waals surface area (Å²) in [4.78, 5) is 40.7. The van der Waals surface area contributed by atoms with Crippen LogP contribution in [0, 0.1) is 23.7 Å². The summed E-state index contributed by atoms with van der Waals surface area (Å²) in [6, 6.07) is 26.9. The van der Waals surface area contributed by atoms with E-state index >= 15 is 0 Å². The van der Waals surface area contributed by atoms with Crippen molar-refractivity contribution in [3.8, 4) is 0 Å². The predicted molar refractivity (Wildman–Crippen MR) is 137 cm³/mol. The molecule has 0 N–H and O–H groups in total. The Morgan fingerprint density at radius 1 is 0.722 bits per heavy atom. The van der Waals surface area contributed by atoms with Gasteiger partial charge in [0.2, 0.25) is 11.8 Å². The number of esters is 1. The number of hydrogen-bond donors (Lipinski definition) is 0. The van der Waals surface area contributed by atoms with E-state index in [4.69, 9.17) is 4.74 Å². The summed E-state index contributed by atoms with van der Waals surface area (Å²) in [5.41, 5.74) is 5.32. The van der Waals surface area contributed by atoms with Crippen molar-refractivity contribution in [3.63, 3.8) is 0 Å². The van der Waals surface area contributed by atoms with E-state index in [0.29, 0.717) is 11.3 Å². The number of amides is 2. The molecule has 0 radical (unpaired) electrons. The van der Waals surface area contributed by atoms with Crippen LogP contribution < -0.4 is 4.90 Å². The second kappa shape index (κ2) is 8.76. The Kier molecular flexibility index (Phi) is 5.41. The second-order valence-corrected chi connectivity index (χ2v) is 9.33. The highest BCUT2D eigenvalue weighted by Gasteiger charge is 2.62. The molecule has 4 atom stereocenters. The zero-order valence-electron chi connectivity index (χ0n) is 19.8. The van der Waals surface area contributed by atoms with Crippen LogP contribution in [-0.4, -0.2) is 24.4 Å². The lowest BCUT2D eigenvalue weighted by molar-refractivity contribution is -0.122. The van der Waals surface area contributed by atoms with Crippen LogP contribution in [-0.2, 0) is 14.3 Å². The lowest BCUT2D eigenvalue weighted by Crippen LogP contribution is -2.33. The van der Waals surface area contributed by atoms with Crippen molar-refractivity contribution in [3.05, 3.63) is 119 Å². The van der Waals surface area contributed by atoms with Gasteiger partial charge in [0.1, 0.15) is 0 Å². The molecule has 0 unspecified atom stereocenters. The van der Waals surface area contributed by atoms with Crippen LogP contribution in [0.4, 0.5) is 5.69 Å². The zero-order chi connectivity index (χ0) is 24.8. The topological polar surface area (TPSA) is 63.7 Å². The third-order valence-corrected chi connectivity index (χ3v) is 7.47.